The van der Waals surface area contributed by atoms with Gasteiger partial charge in [-0.2, -0.15) is 0 Å². The third kappa shape index (κ3) is 7.19. The van der Waals surface area contributed by atoms with Crippen LogP contribution in [0.5, 0.6) is 0 Å². The summed E-state index contributed by atoms with van der Waals surface area (Å²) in [4.78, 5) is 26.6. The van der Waals surface area contributed by atoms with Gasteiger partial charge in [-0.3, -0.25) is 9.59 Å². The second-order valence-electron chi connectivity index (χ2n) is 6.63. The number of hydrogen-bond acceptors (Lipinski definition) is 3. The highest BCUT2D eigenvalue weighted by atomic mass is 19.1. The van der Waals surface area contributed by atoms with E-state index in [1.165, 1.54) is 12.1 Å². The van der Waals surface area contributed by atoms with Gasteiger partial charge >= 0.3 is 0 Å². The van der Waals surface area contributed by atoms with Crippen molar-refractivity contribution in [2.24, 2.45) is 0 Å². The van der Waals surface area contributed by atoms with Crippen molar-refractivity contribution in [2.75, 3.05) is 33.7 Å². The second kappa shape index (κ2) is 10.4. The Labute approximate surface area is 159 Å². The lowest BCUT2D eigenvalue weighted by molar-refractivity contribution is 0.0952. The monoisotopic (exact) mass is 371 g/mol. The van der Waals surface area contributed by atoms with Gasteiger partial charge in [0.1, 0.15) is 5.82 Å². The van der Waals surface area contributed by atoms with Crippen molar-refractivity contribution in [2.45, 2.75) is 12.8 Å². The van der Waals surface area contributed by atoms with Crippen LogP contribution in [0.25, 0.3) is 0 Å². The van der Waals surface area contributed by atoms with Crippen molar-refractivity contribution < 1.29 is 14.0 Å². The topological polar surface area (TPSA) is 61.4 Å². The molecule has 2 aromatic rings. The molecule has 0 aromatic heterocycles. The fourth-order valence-electron chi connectivity index (χ4n) is 2.57. The van der Waals surface area contributed by atoms with E-state index in [1.807, 2.05) is 14.1 Å². The minimum absolute atomic E-state index is 0.185. The highest BCUT2D eigenvalue weighted by Crippen LogP contribution is 2.06. The molecule has 0 spiro atoms. The Morgan fingerprint density at radius 1 is 0.926 bits per heavy atom. The predicted molar refractivity (Wildman–Crippen MR) is 104 cm³/mol. The van der Waals surface area contributed by atoms with E-state index >= 15 is 0 Å². The fraction of sp³-hybridized carbons (Fsp3) is 0.333. The summed E-state index contributed by atoms with van der Waals surface area (Å²) in [5.74, 6) is -0.700. The molecule has 0 fully saturated rings. The molecule has 0 aliphatic heterocycles. The van der Waals surface area contributed by atoms with Gasteiger partial charge in [0.05, 0.1) is 0 Å². The molecule has 2 amide bonds. The Bertz CT molecular complexity index is 760. The van der Waals surface area contributed by atoms with Crippen LogP contribution in [0.15, 0.2) is 48.5 Å². The zero-order valence-corrected chi connectivity index (χ0v) is 15.8. The molecule has 0 saturated carbocycles. The molecular weight excluding hydrogens is 345 g/mol. The molecule has 0 heterocycles. The van der Waals surface area contributed by atoms with Crippen molar-refractivity contribution >= 4 is 11.8 Å². The summed E-state index contributed by atoms with van der Waals surface area (Å²) in [7, 11) is 3.97. The minimum Gasteiger partial charge on any atom is -0.352 e. The first kappa shape index (κ1) is 20.6. The normalized spacial score (nSPS) is 10.7. The zero-order valence-electron chi connectivity index (χ0n) is 15.8. The number of rotatable bonds is 9. The number of nitrogens with zero attached hydrogens (tertiary/aromatic N) is 1. The molecule has 0 bridgehead atoms. The Kier molecular flexibility index (Phi) is 7.95. The van der Waals surface area contributed by atoms with Crippen LogP contribution < -0.4 is 10.6 Å². The van der Waals surface area contributed by atoms with Crippen molar-refractivity contribution in [3.63, 3.8) is 0 Å². The van der Waals surface area contributed by atoms with Crippen LogP contribution in [0.1, 0.15) is 32.7 Å². The van der Waals surface area contributed by atoms with Crippen LogP contribution in [0.4, 0.5) is 4.39 Å². The fourth-order valence-corrected chi connectivity index (χ4v) is 2.57. The molecule has 2 aromatic carbocycles. The van der Waals surface area contributed by atoms with Gasteiger partial charge in [0.25, 0.3) is 11.8 Å². The number of benzene rings is 2. The molecule has 0 radical (unpaired) electrons. The summed E-state index contributed by atoms with van der Waals surface area (Å²) < 4.78 is 12.9. The second-order valence-corrected chi connectivity index (χ2v) is 6.63. The summed E-state index contributed by atoms with van der Waals surface area (Å²) in [5.41, 5.74) is 1.85. The van der Waals surface area contributed by atoms with Crippen molar-refractivity contribution in [3.8, 4) is 0 Å². The zero-order chi connectivity index (χ0) is 19.6. The van der Waals surface area contributed by atoms with Gasteiger partial charge in [0.15, 0.2) is 0 Å². The lowest BCUT2D eigenvalue weighted by Gasteiger charge is -2.10. The molecule has 0 aliphatic carbocycles. The molecule has 0 atom stereocenters. The number of amides is 2. The first-order valence-electron chi connectivity index (χ1n) is 9.01. The van der Waals surface area contributed by atoms with Gasteiger partial charge in [0.2, 0.25) is 0 Å². The molecule has 2 rings (SSSR count). The maximum absolute atomic E-state index is 12.9. The Morgan fingerprint density at radius 3 is 2.11 bits per heavy atom. The van der Waals surface area contributed by atoms with E-state index in [-0.39, 0.29) is 17.6 Å². The van der Waals surface area contributed by atoms with E-state index in [9.17, 15) is 14.0 Å². The van der Waals surface area contributed by atoms with Crippen molar-refractivity contribution in [1.82, 2.24) is 15.5 Å². The van der Waals surface area contributed by atoms with Gasteiger partial charge in [-0.05, 0) is 69.4 Å². The molecule has 6 heteroatoms. The Balaban J connectivity index is 1.83. The highest BCUT2D eigenvalue weighted by molar-refractivity contribution is 5.99. The molecule has 0 aliphatic rings. The molecule has 27 heavy (non-hydrogen) atoms. The number of carbonyl (C=O) groups is 2. The van der Waals surface area contributed by atoms with E-state index in [4.69, 9.17) is 0 Å². The third-order valence-corrected chi connectivity index (χ3v) is 4.07. The van der Waals surface area contributed by atoms with Gasteiger partial charge in [0, 0.05) is 24.2 Å². The van der Waals surface area contributed by atoms with Crippen LogP contribution in [0.3, 0.4) is 0 Å². The van der Waals surface area contributed by atoms with Crippen molar-refractivity contribution in [3.05, 3.63) is 71.0 Å². The van der Waals surface area contributed by atoms with E-state index in [0.717, 1.165) is 18.5 Å². The van der Waals surface area contributed by atoms with E-state index in [0.29, 0.717) is 30.6 Å². The lowest BCUT2D eigenvalue weighted by Crippen LogP contribution is -2.28. The predicted octanol–water partition coefficient (Wildman–Crippen LogP) is 2.48. The van der Waals surface area contributed by atoms with Crippen LogP contribution in [0.2, 0.25) is 0 Å². The number of halogens is 1. The van der Waals surface area contributed by atoms with Crippen LogP contribution in [-0.4, -0.2) is 50.4 Å². The minimum atomic E-state index is -0.278. The van der Waals surface area contributed by atoms with Gasteiger partial charge in [-0.1, -0.05) is 18.2 Å². The summed E-state index contributed by atoms with van der Waals surface area (Å²) >= 11 is 0. The van der Waals surface area contributed by atoms with Crippen LogP contribution >= 0.6 is 0 Å². The highest BCUT2D eigenvalue weighted by Gasteiger charge is 2.10. The quantitative estimate of drug-likeness (QED) is 0.666. The third-order valence-electron chi connectivity index (χ3n) is 4.07. The molecular formula is C21H26FN3O2. The molecule has 0 saturated heterocycles. The molecule has 5 nitrogen and oxygen atoms in total. The number of hydrogen-bond donors (Lipinski definition) is 2. The summed E-state index contributed by atoms with van der Waals surface area (Å²) in [6, 6.07) is 12.9. The average molecular weight is 371 g/mol. The lowest BCUT2D eigenvalue weighted by atomic mass is 10.1. The SMILES string of the molecule is CN(C)CCCNC(=O)c1cccc(C(=O)NCCc2ccc(F)cc2)c1. The van der Waals surface area contributed by atoms with Gasteiger partial charge in [-0.15, -0.1) is 0 Å². The smallest absolute Gasteiger partial charge is 0.251 e. The van der Waals surface area contributed by atoms with E-state index < -0.39 is 0 Å². The van der Waals surface area contributed by atoms with Crippen molar-refractivity contribution in [1.29, 1.82) is 0 Å². The van der Waals surface area contributed by atoms with E-state index in [2.05, 4.69) is 15.5 Å². The Hall–Kier alpha value is -2.73. The van der Waals surface area contributed by atoms with Gasteiger partial charge in [-0.25, -0.2) is 4.39 Å². The van der Waals surface area contributed by atoms with Crippen LogP contribution in [-0.2, 0) is 6.42 Å². The Morgan fingerprint density at radius 2 is 1.52 bits per heavy atom. The summed E-state index contributed by atoms with van der Waals surface area (Å²) in [6.45, 7) is 1.92. The maximum atomic E-state index is 12.9. The first-order chi connectivity index (χ1) is 13.0. The number of nitrogens with one attached hydrogen (secondary N) is 2. The maximum Gasteiger partial charge on any atom is 0.251 e. The molecule has 0 unspecified atom stereocenters. The molecule has 144 valence electrons. The van der Waals surface area contributed by atoms with E-state index in [1.54, 1.807) is 36.4 Å². The average Bonchev–Trinajstić information content (AvgIpc) is 2.66. The largest absolute Gasteiger partial charge is 0.352 e. The number of carbonyl (C=O) groups excluding carboxylic acids is 2. The first-order valence-corrected chi connectivity index (χ1v) is 9.01. The van der Waals surface area contributed by atoms with Gasteiger partial charge < -0.3 is 15.5 Å². The standard InChI is InChI=1S/C21H26FN3O2/c1-25(2)14-4-12-23-20(26)17-5-3-6-18(15-17)21(27)24-13-11-16-7-9-19(22)10-8-16/h3,5-10,15H,4,11-14H2,1-2H3,(H,23,26)(H,24,27). The molecule has 2 N–H and O–H groups in total. The summed E-state index contributed by atoms with van der Waals surface area (Å²) in [6.07, 6.45) is 1.47. The summed E-state index contributed by atoms with van der Waals surface area (Å²) in [5, 5.41) is 5.68. The van der Waals surface area contributed by atoms with Crippen LogP contribution in [0, 0.1) is 5.82 Å².